The van der Waals surface area contributed by atoms with Crippen molar-refractivity contribution in [1.82, 2.24) is 9.62 Å². The van der Waals surface area contributed by atoms with E-state index < -0.39 is 10.0 Å². The maximum Gasteiger partial charge on any atom is 0.237 e. The molecule has 1 aliphatic rings. The van der Waals surface area contributed by atoms with E-state index in [1.807, 2.05) is 30.3 Å². The molecule has 1 amide bonds. The van der Waals surface area contributed by atoms with Crippen LogP contribution in [-0.4, -0.2) is 51.2 Å². The number of carbonyl (C=O) groups is 1. The van der Waals surface area contributed by atoms with Crippen LogP contribution in [0.1, 0.15) is 32.4 Å². The summed E-state index contributed by atoms with van der Waals surface area (Å²) < 4.78 is 30.9. The zero-order chi connectivity index (χ0) is 18.0. The van der Waals surface area contributed by atoms with Crippen molar-refractivity contribution in [2.75, 3.05) is 25.9 Å². The van der Waals surface area contributed by atoms with E-state index in [0.29, 0.717) is 13.1 Å². The van der Waals surface area contributed by atoms with Gasteiger partial charge in [-0.1, -0.05) is 51.1 Å². The van der Waals surface area contributed by atoms with E-state index in [4.69, 9.17) is 4.74 Å². The topological polar surface area (TPSA) is 75.7 Å². The van der Waals surface area contributed by atoms with Gasteiger partial charge in [-0.15, -0.1) is 0 Å². The fraction of sp³-hybridized carbons (Fsp3) is 0.588. The molecule has 134 valence electrons. The number of carbonyl (C=O) groups excluding carboxylic acids is 1. The van der Waals surface area contributed by atoms with Gasteiger partial charge in [0.15, 0.2) is 0 Å². The van der Waals surface area contributed by atoms with Crippen LogP contribution in [0.15, 0.2) is 30.3 Å². The third-order valence-electron chi connectivity index (χ3n) is 4.08. The average Bonchev–Trinajstić information content (AvgIpc) is 2.51. The number of hydrogen-bond donors (Lipinski definition) is 1. The first kappa shape index (κ1) is 18.9. The van der Waals surface area contributed by atoms with Crippen molar-refractivity contribution >= 4 is 15.9 Å². The predicted molar refractivity (Wildman–Crippen MR) is 92.9 cm³/mol. The summed E-state index contributed by atoms with van der Waals surface area (Å²) in [5, 5.41) is 0. The van der Waals surface area contributed by atoms with Crippen molar-refractivity contribution < 1.29 is 17.9 Å². The van der Waals surface area contributed by atoms with Crippen LogP contribution in [0.3, 0.4) is 0 Å². The first-order valence-electron chi connectivity index (χ1n) is 7.99. The Bertz CT molecular complexity index is 668. The van der Waals surface area contributed by atoms with Crippen LogP contribution < -0.4 is 4.72 Å². The molecule has 0 unspecified atom stereocenters. The monoisotopic (exact) mass is 354 g/mol. The summed E-state index contributed by atoms with van der Waals surface area (Å²) in [5.41, 5.74) is 0.885. The molecule has 24 heavy (non-hydrogen) atoms. The Kier molecular flexibility index (Phi) is 5.67. The molecule has 1 heterocycles. The van der Waals surface area contributed by atoms with Crippen LogP contribution >= 0.6 is 0 Å². The molecule has 0 saturated carbocycles. The van der Waals surface area contributed by atoms with Crippen LogP contribution in [0, 0.1) is 5.41 Å². The number of ether oxygens (including phenoxy) is 1. The molecule has 1 aliphatic heterocycles. The lowest BCUT2D eigenvalue weighted by molar-refractivity contribution is -0.156. The average molecular weight is 354 g/mol. The third-order valence-corrected chi connectivity index (χ3v) is 4.75. The molecular formula is C17H26N2O4S. The van der Waals surface area contributed by atoms with Gasteiger partial charge in [0, 0.05) is 6.54 Å². The number of nitrogens with one attached hydrogen (secondary N) is 1. The number of hydrogen-bond acceptors (Lipinski definition) is 4. The number of benzene rings is 1. The van der Waals surface area contributed by atoms with Gasteiger partial charge in [0.25, 0.3) is 0 Å². The molecule has 0 radical (unpaired) electrons. The smallest absolute Gasteiger partial charge is 0.237 e. The molecule has 1 aromatic rings. The summed E-state index contributed by atoms with van der Waals surface area (Å²) >= 11 is 0. The van der Waals surface area contributed by atoms with Crippen LogP contribution in [0.4, 0.5) is 0 Å². The van der Waals surface area contributed by atoms with Crippen molar-refractivity contribution in [2.45, 2.75) is 33.0 Å². The largest absolute Gasteiger partial charge is 0.366 e. The van der Waals surface area contributed by atoms with E-state index in [-0.39, 0.29) is 30.1 Å². The molecule has 1 saturated heterocycles. The second kappa shape index (κ2) is 7.21. The Morgan fingerprint density at radius 3 is 2.42 bits per heavy atom. The molecule has 1 fully saturated rings. The van der Waals surface area contributed by atoms with Crippen LogP contribution in [-0.2, 0) is 19.6 Å². The van der Waals surface area contributed by atoms with E-state index in [1.165, 1.54) is 0 Å². The molecule has 0 bridgehead atoms. The van der Waals surface area contributed by atoms with Gasteiger partial charge in [-0.25, -0.2) is 13.1 Å². The fourth-order valence-corrected chi connectivity index (χ4v) is 2.98. The van der Waals surface area contributed by atoms with Gasteiger partial charge in [-0.05, 0) is 11.0 Å². The normalized spacial score (nSPS) is 22.4. The van der Waals surface area contributed by atoms with Gasteiger partial charge in [0.2, 0.25) is 15.9 Å². The highest BCUT2D eigenvalue weighted by Gasteiger charge is 2.37. The van der Waals surface area contributed by atoms with Crippen molar-refractivity contribution in [3.8, 4) is 0 Å². The molecule has 6 nitrogen and oxygen atoms in total. The number of sulfonamides is 1. The standard InChI is InChI=1S/C17H26N2O4S/c1-17(2,3)15-12-19(16(20)10-18-24(4,21)22)11-14(23-15)13-8-6-5-7-9-13/h5-9,14-15,18H,10-12H2,1-4H3/t14-,15+/m0/s1. The summed E-state index contributed by atoms with van der Waals surface area (Å²) in [7, 11) is -3.39. The molecule has 2 atom stereocenters. The van der Waals surface area contributed by atoms with Crippen molar-refractivity contribution in [2.24, 2.45) is 5.41 Å². The van der Waals surface area contributed by atoms with E-state index in [2.05, 4.69) is 25.5 Å². The first-order chi connectivity index (χ1) is 11.1. The summed E-state index contributed by atoms with van der Waals surface area (Å²) in [4.78, 5) is 14.1. The van der Waals surface area contributed by atoms with Gasteiger partial charge < -0.3 is 9.64 Å². The summed E-state index contributed by atoms with van der Waals surface area (Å²) in [5.74, 6) is -0.237. The Hall–Kier alpha value is -1.44. The minimum Gasteiger partial charge on any atom is -0.366 e. The molecule has 0 aliphatic carbocycles. The summed E-state index contributed by atoms with van der Waals surface area (Å²) in [6, 6.07) is 9.78. The maximum atomic E-state index is 12.4. The first-order valence-corrected chi connectivity index (χ1v) is 9.88. The Balaban J connectivity index is 2.16. The second-order valence-corrected chi connectivity index (χ2v) is 9.12. The van der Waals surface area contributed by atoms with Crippen molar-refractivity contribution in [3.63, 3.8) is 0 Å². The molecule has 2 rings (SSSR count). The quantitative estimate of drug-likeness (QED) is 0.890. The number of morpholine rings is 1. The van der Waals surface area contributed by atoms with Crippen LogP contribution in [0.25, 0.3) is 0 Å². The van der Waals surface area contributed by atoms with E-state index in [0.717, 1.165) is 11.8 Å². The molecule has 1 N–H and O–H groups in total. The summed E-state index contributed by atoms with van der Waals surface area (Å²) in [6.45, 7) is 6.86. The number of rotatable bonds is 4. The van der Waals surface area contributed by atoms with E-state index in [1.54, 1.807) is 4.90 Å². The van der Waals surface area contributed by atoms with E-state index >= 15 is 0 Å². The SMILES string of the molecule is CC(C)(C)[C@H]1CN(C(=O)CNS(C)(=O)=O)C[C@@H](c2ccccc2)O1. The van der Waals surface area contributed by atoms with Crippen molar-refractivity contribution in [1.29, 1.82) is 0 Å². The van der Waals surface area contributed by atoms with Crippen molar-refractivity contribution in [3.05, 3.63) is 35.9 Å². The molecule has 0 spiro atoms. The van der Waals surface area contributed by atoms with Crippen LogP contribution in [0.5, 0.6) is 0 Å². The van der Waals surface area contributed by atoms with Crippen LogP contribution in [0.2, 0.25) is 0 Å². The Morgan fingerprint density at radius 2 is 1.88 bits per heavy atom. The lowest BCUT2D eigenvalue weighted by atomic mass is 9.87. The zero-order valence-electron chi connectivity index (χ0n) is 14.7. The zero-order valence-corrected chi connectivity index (χ0v) is 15.5. The highest BCUT2D eigenvalue weighted by atomic mass is 32.2. The van der Waals surface area contributed by atoms with Gasteiger partial charge in [-0.3, -0.25) is 4.79 Å². The van der Waals surface area contributed by atoms with Gasteiger partial charge >= 0.3 is 0 Å². The van der Waals surface area contributed by atoms with Gasteiger partial charge in [0.05, 0.1) is 25.4 Å². The fourth-order valence-electron chi connectivity index (χ4n) is 2.60. The predicted octanol–water partition coefficient (Wildman–Crippen LogP) is 1.55. The molecule has 1 aromatic carbocycles. The minimum atomic E-state index is -3.39. The van der Waals surface area contributed by atoms with E-state index in [9.17, 15) is 13.2 Å². The Labute approximate surface area is 144 Å². The second-order valence-electron chi connectivity index (χ2n) is 7.28. The van der Waals surface area contributed by atoms with Gasteiger partial charge in [-0.2, -0.15) is 0 Å². The molecule has 7 heteroatoms. The highest BCUT2D eigenvalue weighted by Crippen LogP contribution is 2.33. The lowest BCUT2D eigenvalue weighted by Crippen LogP contribution is -2.53. The lowest BCUT2D eigenvalue weighted by Gasteiger charge is -2.43. The third kappa shape index (κ3) is 5.29. The maximum absolute atomic E-state index is 12.4. The summed E-state index contributed by atoms with van der Waals surface area (Å²) in [6.07, 6.45) is 0.703. The Morgan fingerprint density at radius 1 is 1.25 bits per heavy atom. The molecule has 0 aromatic heterocycles. The minimum absolute atomic E-state index is 0.126. The van der Waals surface area contributed by atoms with Gasteiger partial charge in [0.1, 0.15) is 6.10 Å². The highest BCUT2D eigenvalue weighted by molar-refractivity contribution is 7.88. The molecular weight excluding hydrogens is 328 g/mol. The number of nitrogens with zero attached hydrogens (tertiary/aromatic N) is 1. The number of amides is 1.